The number of nitrogens with zero attached hydrogens (tertiary/aromatic N) is 1. The molecule has 0 aliphatic rings. The zero-order valence-electron chi connectivity index (χ0n) is 6.74. The Hall–Kier alpha value is -1.42. The number of aromatic nitrogens is 1. The molecule has 0 aliphatic carbocycles. The van der Waals surface area contributed by atoms with Crippen LogP contribution in [0.4, 0.5) is 4.39 Å². The van der Waals surface area contributed by atoms with Crippen molar-refractivity contribution >= 4 is 23.8 Å². The summed E-state index contributed by atoms with van der Waals surface area (Å²) >= 11 is 0. The molecule has 0 saturated carbocycles. The van der Waals surface area contributed by atoms with Gasteiger partial charge < -0.3 is 5.02 Å². The summed E-state index contributed by atoms with van der Waals surface area (Å²) in [5.74, 6) is -0.324. The maximum Gasteiger partial charge on any atom is 0.327 e. The van der Waals surface area contributed by atoms with Crippen molar-refractivity contribution in [3.8, 4) is 0 Å². The van der Waals surface area contributed by atoms with Crippen molar-refractivity contribution in [1.29, 1.82) is 0 Å². The Labute approximate surface area is 75.3 Å². The molecular weight excluding hydrogens is 168 g/mol. The summed E-state index contributed by atoms with van der Waals surface area (Å²) in [6, 6.07) is 5.94. The molecule has 1 radical (unpaired) electrons. The minimum absolute atomic E-state index is 0.324. The number of rotatable bonds is 1. The molecule has 1 N–H and O–H groups in total. The van der Waals surface area contributed by atoms with E-state index in [9.17, 15) is 4.39 Å². The highest BCUT2D eigenvalue weighted by molar-refractivity contribution is 6.49. The zero-order chi connectivity index (χ0) is 9.26. The van der Waals surface area contributed by atoms with Gasteiger partial charge in [0.25, 0.3) is 0 Å². The lowest BCUT2D eigenvalue weighted by molar-refractivity contribution is 0.615. The Morgan fingerprint density at radius 1 is 1.31 bits per heavy atom. The maximum atomic E-state index is 12.8. The molecule has 0 unspecified atom stereocenters. The molecule has 1 aromatic heterocycles. The number of halogens is 1. The molecule has 0 bridgehead atoms. The van der Waals surface area contributed by atoms with Gasteiger partial charge in [-0.3, -0.25) is 4.98 Å². The van der Waals surface area contributed by atoms with Crippen molar-refractivity contribution in [3.63, 3.8) is 0 Å². The van der Waals surface area contributed by atoms with E-state index in [1.54, 1.807) is 12.1 Å². The predicted molar refractivity (Wildman–Crippen MR) is 49.3 cm³/mol. The molecule has 0 amide bonds. The number of hydrogen-bond acceptors (Lipinski definition) is 2. The monoisotopic (exact) mass is 174 g/mol. The molecule has 2 rings (SSSR count). The van der Waals surface area contributed by atoms with Crippen molar-refractivity contribution in [2.75, 3.05) is 0 Å². The van der Waals surface area contributed by atoms with Gasteiger partial charge in [0.1, 0.15) is 5.82 Å². The second-order valence-corrected chi connectivity index (χ2v) is 2.69. The Kier molecular flexibility index (Phi) is 1.98. The van der Waals surface area contributed by atoms with Crippen LogP contribution >= 0.6 is 0 Å². The van der Waals surface area contributed by atoms with Gasteiger partial charge in [-0.05, 0) is 23.0 Å². The summed E-state index contributed by atoms with van der Waals surface area (Å²) in [7, 11) is 0.988. The van der Waals surface area contributed by atoms with E-state index in [-0.39, 0.29) is 5.82 Å². The fourth-order valence-electron chi connectivity index (χ4n) is 1.26. The topological polar surface area (TPSA) is 33.1 Å². The van der Waals surface area contributed by atoms with Crippen LogP contribution < -0.4 is 5.46 Å². The van der Waals surface area contributed by atoms with E-state index in [1.807, 2.05) is 0 Å². The fourth-order valence-corrected chi connectivity index (χ4v) is 1.26. The van der Waals surface area contributed by atoms with Crippen LogP contribution in [0.5, 0.6) is 0 Å². The predicted octanol–water partition coefficient (Wildman–Crippen LogP) is 0.611. The smallest absolute Gasteiger partial charge is 0.327 e. The Morgan fingerprint density at radius 3 is 2.92 bits per heavy atom. The zero-order valence-corrected chi connectivity index (χ0v) is 6.74. The van der Waals surface area contributed by atoms with Crippen LogP contribution in [0.1, 0.15) is 0 Å². The van der Waals surface area contributed by atoms with Gasteiger partial charge in [0.2, 0.25) is 0 Å². The fraction of sp³-hybridized carbons (Fsp3) is 0. The molecule has 13 heavy (non-hydrogen) atoms. The highest BCUT2D eigenvalue weighted by Crippen LogP contribution is 2.09. The molecular formula is C9H6BFNO. The van der Waals surface area contributed by atoms with Crippen LogP contribution in [0.3, 0.4) is 0 Å². The highest BCUT2D eigenvalue weighted by Gasteiger charge is 2.02. The van der Waals surface area contributed by atoms with Gasteiger partial charge in [-0.2, -0.15) is 0 Å². The average Bonchev–Trinajstić information content (AvgIpc) is 2.16. The van der Waals surface area contributed by atoms with Crippen molar-refractivity contribution < 1.29 is 9.41 Å². The summed E-state index contributed by atoms with van der Waals surface area (Å²) in [6.45, 7) is 0. The molecule has 0 aliphatic heterocycles. The third kappa shape index (κ3) is 1.40. The summed E-state index contributed by atoms with van der Waals surface area (Å²) in [4.78, 5) is 3.98. The molecule has 0 saturated heterocycles. The average molecular weight is 174 g/mol. The standard InChI is InChI=1S/C9H6BFNO/c11-6-1-2-7-8(10-13)3-4-12-9(7)5-6/h1-5,13H. The van der Waals surface area contributed by atoms with Gasteiger partial charge >= 0.3 is 7.48 Å². The van der Waals surface area contributed by atoms with Crippen molar-refractivity contribution in [1.82, 2.24) is 4.98 Å². The number of benzene rings is 1. The summed E-state index contributed by atoms with van der Waals surface area (Å²) in [5, 5.41) is 9.60. The van der Waals surface area contributed by atoms with Crippen LogP contribution in [0.15, 0.2) is 30.5 Å². The molecule has 1 aromatic carbocycles. The van der Waals surface area contributed by atoms with E-state index >= 15 is 0 Å². The normalized spacial score (nSPS) is 10.3. The largest absolute Gasteiger partial charge is 0.450 e. The summed E-state index contributed by atoms with van der Waals surface area (Å²) in [6.07, 6.45) is 1.53. The lowest BCUT2D eigenvalue weighted by atomic mass is 9.86. The van der Waals surface area contributed by atoms with Crippen LogP contribution in [-0.2, 0) is 0 Å². The molecule has 63 valence electrons. The first-order chi connectivity index (χ1) is 6.31. The summed E-state index contributed by atoms with van der Waals surface area (Å²) < 4.78 is 12.8. The molecule has 0 atom stereocenters. The highest BCUT2D eigenvalue weighted by atomic mass is 19.1. The van der Waals surface area contributed by atoms with Crippen LogP contribution in [0, 0.1) is 5.82 Å². The van der Waals surface area contributed by atoms with Gasteiger partial charge in [-0.1, -0.05) is 6.07 Å². The second-order valence-electron chi connectivity index (χ2n) is 2.69. The minimum Gasteiger partial charge on any atom is -0.450 e. The first-order valence-electron chi connectivity index (χ1n) is 3.83. The van der Waals surface area contributed by atoms with E-state index in [0.717, 1.165) is 12.9 Å². The van der Waals surface area contributed by atoms with Crippen molar-refractivity contribution in [3.05, 3.63) is 36.3 Å². The van der Waals surface area contributed by atoms with E-state index < -0.39 is 0 Å². The van der Waals surface area contributed by atoms with E-state index in [2.05, 4.69) is 4.98 Å². The second kappa shape index (κ2) is 3.14. The molecule has 2 aromatic rings. The van der Waals surface area contributed by atoms with E-state index in [1.165, 1.54) is 18.3 Å². The van der Waals surface area contributed by atoms with Crippen LogP contribution in [0.2, 0.25) is 0 Å². The van der Waals surface area contributed by atoms with Gasteiger partial charge in [0.05, 0.1) is 5.52 Å². The molecule has 4 heteroatoms. The van der Waals surface area contributed by atoms with Crippen LogP contribution in [0.25, 0.3) is 10.9 Å². The van der Waals surface area contributed by atoms with E-state index in [4.69, 9.17) is 5.02 Å². The Morgan fingerprint density at radius 2 is 2.15 bits per heavy atom. The number of fused-ring (bicyclic) bond motifs is 1. The third-order valence-corrected chi connectivity index (χ3v) is 1.88. The Balaban J connectivity index is 2.77. The SMILES string of the molecule is O[B]c1ccnc2cc(F)ccc12. The lowest BCUT2D eigenvalue weighted by Gasteiger charge is -2.00. The number of hydrogen-bond donors (Lipinski definition) is 1. The van der Waals surface area contributed by atoms with Gasteiger partial charge in [-0.15, -0.1) is 0 Å². The quantitative estimate of drug-likeness (QED) is 0.642. The lowest BCUT2D eigenvalue weighted by Crippen LogP contribution is -2.14. The van der Waals surface area contributed by atoms with E-state index in [0.29, 0.717) is 11.0 Å². The first kappa shape index (κ1) is 8.20. The van der Waals surface area contributed by atoms with Crippen molar-refractivity contribution in [2.24, 2.45) is 0 Å². The number of pyridine rings is 1. The molecule has 0 spiro atoms. The van der Waals surface area contributed by atoms with Gasteiger partial charge in [0, 0.05) is 12.3 Å². The van der Waals surface area contributed by atoms with Crippen molar-refractivity contribution in [2.45, 2.75) is 0 Å². The van der Waals surface area contributed by atoms with Crippen LogP contribution in [-0.4, -0.2) is 17.5 Å². The molecule has 2 nitrogen and oxygen atoms in total. The van der Waals surface area contributed by atoms with Gasteiger partial charge in [0.15, 0.2) is 0 Å². The maximum absolute atomic E-state index is 12.8. The molecule has 1 heterocycles. The summed E-state index contributed by atoms with van der Waals surface area (Å²) in [5.41, 5.74) is 1.19. The Bertz CT molecular complexity index is 447. The first-order valence-corrected chi connectivity index (χ1v) is 3.83. The third-order valence-electron chi connectivity index (χ3n) is 1.88. The van der Waals surface area contributed by atoms with Gasteiger partial charge in [-0.25, -0.2) is 4.39 Å². The minimum atomic E-state index is -0.324. The molecule has 0 fully saturated rings.